The van der Waals surface area contributed by atoms with Gasteiger partial charge in [0.1, 0.15) is 5.75 Å². The molecule has 0 amide bonds. The minimum absolute atomic E-state index is 0.116. The standard InChI is InChI=1S/C34H34O3/c1-33(2)18-19-34(3,4)31-21-26(13-17-30(31)33)29-20-25(22-6-8-24(9-7-22)32(35)36)12-16-28(29)23-10-14-27(37-5)15-11-23/h6-17,20-21H,18-19H2,1-5H3,(H,35,36). The number of benzene rings is 4. The van der Waals surface area contributed by atoms with Gasteiger partial charge in [0.2, 0.25) is 0 Å². The second-order valence-corrected chi connectivity index (χ2v) is 11.4. The summed E-state index contributed by atoms with van der Waals surface area (Å²) in [5.74, 6) is -0.0834. The lowest BCUT2D eigenvalue weighted by Gasteiger charge is -2.42. The summed E-state index contributed by atoms with van der Waals surface area (Å²) >= 11 is 0. The molecule has 0 bridgehead atoms. The summed E-state index contributed by atoms with van der Waals surface area (Å²) in [7, 11) is 1.68. The van der Waals surface area contributed by atoms with Crippen LogP contribution in [0.3, 0.4) is 0 Å². The van der Waals surface area contributed by atoms with E-state index in [-0.39, 0.29) is 10.8 Å². The molecule has 0 saturated carbocycles. The molecule has 0 unspecified atom stereocenters. The third-order valence-corrected chi connectivity index (χ3v) is 8.05. The zero-order valence-electron chi connectivity index (χ0n) is 22.3. The summed E-state index contributed by atoms with van der Waals surface area (Å²) in [6, 6.07) is 28.8. The minimum atomic E-state index is -0.915. The van der Waals surface area contributed by atoms with E-state index in [2.05, 4.69) is 76.2 Å². The van der Waals surface area contributed by atoms with Crippen molar-refractivity contribution in [2.75, 3.05) is 7.11 Å². The van der Waals surface area contributed by atoms with Crippen molar-refractivity contribution in [3.05, 3.63) is 102 Å². The minimum Gasteiger partial charge on any atom is -0.497 e. The maximum Gasteiger partial charge on any atom is 0.335 e. The summed E-state index contributed by atoms with van der Waals surface area (Å²) in [5, 5.41) is 9.31. The summed E-state index contributed by atoms with van der Waals surface area (Å²) in [4.78, 5) is 11.3. The van der Waals surface area contributed by atoms with Crippen molar-refractivity contribution in [1.82, 2.24) is 0 Å². The topological polar surface area (TPSA) is 46.5 Å². The summed E-state index contributed by atoms with van der Waals surface area (Å²) < 4.78 is 5.39. The van der Waals surface area contributed by atoms with E-state index in [1.165, 1.54) is 23.1 Å². The highest BCUT2D eigenvalue weighted by atomic mass is 16.5. The first-order valence-corrected chi connectivity index (χ1v) is 12.9. The monoisotopic (exact) mass is 490 g/mol. The summed E-state index contributed by atoms with van der Waals surface area (Å²) in [5.41, 5.74) is 10.1. The number of carboxylic acid groups (broad SMARTS) is 1. The zero-order chi connectivity index (χ0) is 26.4. The van der Waals surface area contributed by atoms with Crippen molar-refractivity contribution in [3.63, 3.8) is 0 Å². The molecule has 0 aromatic heterocycles. The van der Waals surface area contributed by atoms with Crippen LogP contribution in [-0.4, -0.2) is 18.2 Å². The van der Waals surface area contributed by atoms with Crippen LogP contribution in [0.15, 0.2) is 84.9 Å². The zero-order valence-corrected chi connectivity index (χ0v) is 22.3. The fraction of sp³-hybridized carbons (Fsp3) is 0.265. The molecule has 5 rings (SSSR count). The molecule has 0 atom stereocenters. The molecule has 0 radical (unpaired) electrons. The summed E-state index contributed by atoms with van der Waals surface area (Å²) in [6.07, 6.45) is 2.35. The number of hydrogen-bond acceptors (Lipinski definition) is 2. The smallest absolute Gasteiger partial charge is 0.335 e. The molecule has 0 saturated heterocycles. The Bertz CT molecular complexity index is 1460. The first kappa shape index (κ1) is 24.8. The van der Waals surface area contributed by atoms with Gasteiger partial charge in [-0.15, -0.1) is 0 Å². The van der Waals surface area contributed by atoms with Crippen LogP contribution in [0.2, 0.25) is 0 Å². The van der Waals surface area contributed by atoms with E-state index in [9.17, 15) is 9.90 Å². The van der Waals surface area contributed by atoms with Crippen molar-refractivity contribution >= 4 is 5.97 Å². The first-order valence-electron chi connectivity index (χ1n) is 12.9. The van der Waals surface area contributed by atoms with Gasteiger partial charge in [0.05, 0.1) is 12.7 Å². The molecule has 3 nitrogen and oxygen atoms in total. The number of fused-ring (bicyclic) bond motifs is 1. The Balaban J connectivity index is 1.69. The Morgan fingerprint density at radius 3 is 1.84 bits per heavy atom. The molecule has 37 heavy (non-hydrogen) atoms. The van der Waals surface area contributed by atoms with Crippen LogP contribution in [0.4, 0.5) is 0 Å². The number of carboxylic acids is 1. The lowest BCUT2D eigenvalue weighted by atomic mass is 9.63. The van der Waals surface area contributed by atoms with Gasteiger partial charge < -0.3 is 9.84 Å². The Kier molecular flexibility index (Phi) is 6.19. The number of rotatable bonds is 5. The lowest BCUT2D eigenvalue weighted by molar-refractivity contribution is 0.0697. The van der Waals surface area contributed by atoms with Gasteiger partial charge in [0, 0.05) is 0 Å². The van der Waals surface area contributed by atoms with Gasteiger partial charge in [0.25, 0.3) is 0 Å². The highest BCUT2D eigenvalue weighted by molar-refractivity contribution is 5.90. The van der Waals surface area contributed by atoms with Gasteiger partial charge in [-0.2, -0.15) is 0 Å². The summed E-state index contributed by atoms with van der Waals surface area (Å²) in [6.45, 7) is 9.42. The van der Waals surface area contributed by atoms with Gasteiger partial charge in [-0.1, -0.05) is 82.3 Å². The molecular weight excluding hydrogens is 456 g/mol. The number of carbonyl (C=O) groups is 1. The van der Waals surface area contributed by atoms with Crippen LogP contribution in [0.25, 0.3) is 33.4 Å². The number of aromatic carboxylic acids is 1. The van der Waals surface area contributed by atoms with E-state index in [0.29, 0.717) is 5.56 Å². The molecule has 1 aliphatic carbocycles. The molecule has 1 N–H and O–H groups in total. The third-order valence-electron chi connectivity index (χ3n) is 8.05. The van der Waals surface area contributed by atoms with E-state index in [1.54, 1.807) is 19.2 Å². The molecule has 1 aliphatic rings. The molecule has 0 aliphatic heterocycles. The fourth-order valence-electron chi connectivity index (χ4n) is 5.55. The Hall–Kier alpha value is -3.85. The van der Waals surface area contributed by atoms with Gasteiger partial charge in [-0.05, 0) is 98.5 Å². The van der Waals surface area contributed by atoms with Crippen molar-refractivity contribution in [1.29, 1.82) is 0 Å². The molecule has 0 heterocycles. The van der Waals surface area contributed by atoms with E-state index < -0.39 is 5.97 Å². The number of hydrogen-bond donors (Lipinski definition) is 1. The molecule has 3 heteroatoms. The normalized spacial score (nSPS) is 15.6. The van der Waals surface area contributed by atoms with E-state index >= 15 is 0 Å². The van der Waals surface area contributed by atoms with Crippen molar-refractivity contribution < 1.29 is 14.6 Å². The highest BCUT2D eigenvalue weighted by Gasteiger charge is 2.37. The number of methoxy groups -OCH3 is 1. The maximum atomic E-state index is 11.3. The number of ether oxygens (including phenoxy) is 1. The van der Waals surface area contributed by atoms with Gasteiger partial charge >= 0.3 is 5.97 Å². The molecule has 4 aromatic carbocycles. The van der Waals surface area contributed by atoms with Gasteiger partial charge in [-0.3, -0.25) is 0 Å². The van der Waals surface area contributed by atoms with Crippen LogP contribution < -0.4 is 4.74 Å². The van der Waals surface area contributed by atoms with Crippen LogP contribution >= 0.6 is 0 Å². The molecular formula is C34H34O3. The molecule has 0 spiro atoms. The van der Waals surface area contributed by atoms with Gasteiger partial charge in [0.15, 0.2) is 0 Å². The second kappa shape index (κ2) is 9.23. The van der Waals surface area contributed by atoms with Crippen LogP contribution in [0.5, 0.6) is 5.75 Å². The average molecular weight is 491 g/mol. The lowest BCUT2D eigenvalue weighted by Crippen LogP contribution is -2.33. The average Bonchev–Trinajstić information content (AvgIpc) is 2.91. The van der Waals surface area contributed by atoms with Crippen molar-refractivity contribution in [2.24, 2.45) is 0 Å². The van der Waals surface area contributed by atoms with E-state index in [0.717, 1.165) is 40.0 Å². The molecule has 188 valence electrons. The Morgan fingerprint density at radius 2 is 1.22 bits per heavy atom. The van der Waals surface area contributed by atoms with Gasteiger partial charge in [-0.25, -0.2) is 4.79 Å². The predicted octanol–water partition coefficient (Wildman–Crippen LogP) is 8.74. The maximum absolute atomic E-state index is 11.3. The molecule has 0 fully saturated rings. The van der Waals surface area contributed by atoms with E-state index in [4.69, 9.17) is 4.74 Å². The fourth-order valence-corrected chi connectivity index (χ4v) is 5.55. The first-order chi connectivity index (χ1) is 17.6. The predicted molar refractivity (Wildman–Crippen MR) is 152 cm³/mol. The third kappa shape index (κ3) is 4.67. The largest absolute Gasteiger partial charge is 0.497 e. The molecule has 4 aromatic rings. The Labute approximate surface area is 219 Å². The van der Waals surface area contributed by atoms with E-state index in [1.807, 2.05) is 24.3 Å². The van der Waals surface area contributed by atoms with Crippen LogP contribution in [0.1, 0.15) is 62.0 Å². The second-order valence-electron chi connectivity index (χ2n) is 11.4. The highest BCUT2D eigenvalue weighted by Crippen LogP contribution is 2.47. The SMILES string of the molecule is COc1ccc(-c2ccc(-c3ccc(C(=O)O)cc3)cc2-c2ccc3c(c2)C(C)(C)CCC3(C)C)cc1. The van der Waals surface area contributed by atoms with Crippen molar-refractivity contribution in [3.8, 4) is 39.1 Å². The van der Waals surface area contributed by atoms with Crippen molar-refractivity contribution in [2.45, 2.75) is 51.4 Å². The quantitative estimate of drug-likeness (QED) is 0.304. The van der Waals surface area contributed by atoms with Crippen LogP contribution in [0, 0.1) is 0 Å². The Morgan fingerprint density at radius 1 is 0.649 bits per heavy atom. The van der Waals surface area contributed by atoms with Crippen LogP contribution in [-0.2, 0) is 10.8 Å².